The SMILES string of the molecule is CON(C)C(=O)C(C)(CC(C)C(O)CC(O)C=CC(C)CC(C)C)O[Si](C)(C)C(C)(C)C. The molecule has 0 saturated carbocycles. The van der Waals surface area contributed by atoms with E-state index >= 15 is 0 Å². The molecule has 0 aliphatic carbocycles. The molecule has 0 bridgehead atoms. The summed E-state index contributed by atoms with van der Waals surface area (Å²) >= 11 is 0. The van der Waals surface area contributed by atoms with Crippen LogP contribution in [-0.4, -0.2) is 61.5 Å². The van der Waals surface area contributed by atoms with Gasteiger partial charge >= 0.3 is 0 Å². The molecule has 0 fully saturated rings. The van der Waals surface area contributed by atoms with Crippen LogP contribution < -0.4 is 0 Å². The molecule has 7 heteroatoms. The number of hydroxylamine groups is 2. The third-order valence-corrected chi connectivity index (χ3v) is 11.2. The average Bonchev–Trinajstić information content (AvgIpc) is 2.62. The summed E-state index contributed by atoms with van der Waals surface area (Å²) in [5.74, 6) is 0.448. The summed E-state index contributed by atoms with van der Waals surface area (Å²) in [4.78, 5) is 18.4. The van der Waals surface area contributed by atoms with Gasteiger partial charge in [0.25, 0.3) is 5.91 Å². The van der Waals surface area contributed by atoms with E-state index in [0.29, 0.717) is 18.3 Å². The van der Waals surface area contributed by atoms with Gasteiger partial charge in [0.1, 0.15) is 5.60 Å². The molecule has 2 N–H and O–H groups in total. The van der Waals surface area contributed by atoms with Crippen LogP contribution in [0.3, 0.4) is 0 Å². The predicted molar refractivity (Wildman–Crippen MR) is 135 cm³/mol. The number of hydrogen-bond acceptors (Lipinski definition) is 5. The minimum absolute atomic E-state index is 0.0737. The summed E-state index contributed by atoms with van der Waals surface area (Å²) in [6.07, 6.45) is 3.90. The number of rotatable bonds is 13. The molecule has 32 heavy (non-hydrogen) atoms. The predicted octanol–water partition coefficient (Wildman–Crippen LogP) is 5.16. The lowest BCUT2D eigenvalue weighted by atomic mass is 9.86. The van der Waals surface area contributed by atoms with Crippen molar-refractivity contribution in [2.75, 3.05) is 14.2 Å². The van der Waals surface area contributed by atoms with E-state index in [-0.39, 0.29) is 23.3 Å². The number of nitrogens with zero attached hydrogens (tertiary/aromatic N) is 1. The van der Waals surface area contributed by atoms with Gasteiger partial charge in [0, 0.05) is 13.5 Å². The number of hydrogen-bond donors (Lipinski definition) is 2. The van der Waals surface area contributed by atoms with E-state index in [1.807, 2.05) is 13.0 Å². The molecule has 0 aliphatic rings. The smallest absolute Gasteiger partial charge is 0.276 e. The summed E-state index contributed by atoms with van der Waals surface area (Å²) in [5, 5.41) is 22.3. The first-order valence-corrected chi connectivity index (χ1v) is 14.8. The molecule has 1 amide bonds. The maximum Gasteiger partial charge on any atom is 0.276 e. The second kappa shape index (κ2) is 12.7. The van der Waals surface area contributed by atoms with Crippen molar-refractivity contribution in [2.24, 2.45) is 17.8 Å². The third-order valence-electron chi connectivity index (χ3n) is 6.66. The van der Waals surface area contributed by atoms with E-state index in [1.165, 1.54) is 12.2 Å². The Labute approximate surface area is 198 Å². The van der Waals surface area contributed by atoms with E-state index in [2.05, 4.69) is 54.6 Å². The Kier molecular flexibility index (Phi) is 12.4. The minimum atomic E-state index is -2.28. The molecule has 0 saturated heterocycles. The van der Waals surface area contributed by atoms with Gasteiger partial charge in [-0.25, -0.2) is 5.06 Å². The van der Waals surface area contributed by atoms with Crippen LogP contribution in [0.2, 0.25) is 18.1 Å². The number of aliphatic hydroxyl groups is 2. The average molecular weight is 474 g/mol. The molecular formula is C25H51NO5Si. The highest BCUT2D eigenvalue weighted by Crippen LogP contribution is 2.41. The Hall–Kier alpha value is -0.733. The second-order valence-corrected chi connectivity index (χ2v) is 16.3. The lowest BCUT2D eigenvalue weighted by molar-refractivity contribution is -0.187. The van der Waals surface area contributed by atoms with Gasteiger partial charge in [-0.2, -0.15) is 0 Å². The summed E-state index contributed by atoms with van der Waals surface area (Å²) in [6.45, 7) is 20.8. The van der Waals surface area contributed by atoms with E-state index in [0.717, 1.165) is 6.42 Å². The summed E-state index contributed by atoms with van der Waals surface area (Å²) in [6, 6.07) is 0. The van der Waals surface area contributed by atoms with Gasteiger partial charge < -0.3 is 14.6 Å². The van der Waals surface area contributed by atoms with Crippen LogP contribution in [0.5, 0.6) is 0 Å². The van der Waals surface area contributed by atoms with Gasteiger partial charge in [-0.3, -0.25) is 9.63 Å². The molecule has 0 radical (unpaired) electrons. The van der Waals surface area contributed by atoms with E-state index < -0.39 is 26.1 Å². The van der Waals surface area contributed by atoms with Crippen molar-refractivity contribution in [1.82, 2.24) is 5.06 Å². The number of aliphatic hydroxyl groups excluding tert-OH is 2. The molecule has 5 atom stereocenters. The molecule has 0 heterocycles. The Morgan fingerprint density at radius 1 is 1.03 bits per heavy atom. The van der Waals surface area contributed by atoms with Crippen LogP contribution in [-0.2, 0) is 14.1 Å². The van der Waals surface area contributed by atoms with Crippen LogP contribution in [0.25, 0.3) is 0 Å². The van der Waals surface area contributed by atoms with E-state index in [1.54, 1.807) is 20.0 Å². The topological polar surface area (TPSA) is 79.2 Å². The third kappa shape index (κ3) is 10.0. The number of carbonyl (C=O) groups is 1. The second-order valence-electron chi connectivity index (χ2n) is 11.6. The molecule has 0 aromatic heterocycles. The van der Waals surface area contributed by atoms with Crippen molar-refractivity contribution in [1.29, 1.82) is 0 Å². The van der Waals surface area contributed by atoms with Crippen molar-refractivity contribution >= 4 is 14.2 Å². The fourth-order valence-corrected chi connectivity index (χ4v) is 5.36. The molecule has 190 valence electrons. The molecule has 0 aromatic rings. The lowest BCUT2D eigenvalue weighted by Gasteiger charge is -2.45. The molecule has 0 spiro atoms. The first-order chi connectivity index (χ1) is 14.4. The lowest BCUT2D eigenvalue weighted by Crippen LogP contribution is -2.56. The normalized spacial score (nSPS) is 19.0. The number of amides is 1. The standard InChI is InChI=1S/C25H51NO5Si/c1-18(2)15-19(3)13-14-21(27)16-22(28)20(4)17-25(8,23(29)26(9)30-10)31-32(11,12)24(5,6)7/h13-14,18-22,27-28H,15-17H2,1-12H3. The van der Waals surface area contributed by atoms with Crippen molar-refractivity contribution < 1.29 is 24.3 Å². The Morgan fingerprint density at radius 3 is 2.00 bits per heavy atom. The molecule has 0 rings (SSSR count). The van der Waals surface area contributed by atoms with Crippen LogP contribution in [0.4, 0.5) is 0 Å². The quantitative estimate of drug-likeness (QED) is 0.219. The first-order valence-electron chi connectivity index (χ1n) is 11.9. The Balaban J connectivity index is 5.42. The highest BCUT2D eigenvalue weighted by molar-refractivity contribution is 6.74. The Bertz CT molecular complexity index is 602. The highest BCUT2D eigenvalue weighted by Gasteiger charge is 2.48. The van der Waals surface area contributed by atoms with Gasteiger partial charge in [-0.1, -0.05) is 60.6 Å². The summed E-state index contributed by atoms with van der Waals surface area (Å²) in [7, 11) is 0.744. The number of likely N-dealkylation sites (N-methyl/N-ethyl adjacent to an activating group) is 1. The fourth-order valence-electron chi connectivity index (χ4n) is 3.75. The Morgan fingerprint density at radius 2 is 1.56 bits per heavy atom. The van der Waals surface area contributed by atoms with Crippen molar-refractivity contribution in [2.45, 2.75) is 111 Å². The number of carbonyl (C=O) groups excluding carboxylic acids is 1. The van der Waals surface area contributed by atoms with Crippen molar-refractivity contribution in [3.63, 3.8) is 0 Å². The van der Waals surface area contributed by atoms with E-state index in [4.69, 9.17) is 9.26 Å². The van der Waals surface area contributed by atoms with Crippen LogP contribution in [0.15, 0.2) is 12.2 Å². The molecule has 6 nitrogen and oxygen atoms in total. The zero-order valence-corrected chi connectivity index (χ0v) is 23.7. The van der Waals surface area contributed by atoms with Gasteiger partial charge in [0.15, 0.2) is 8.32 Å². The maximum atomic E-state index is 13.2. The molecule has 0 aromatic carbocycles. The van der Waals surface area contributed by atoms with Gasteiger partial charge in [-0.05, 0) is 55.7 Å². The first kappa shape index (κ1) is 31.3. The van der Waals surface area contributed by atoms with Crippen LogP contribution in [0, 0.1) is 17.8 Å². The minimum Gasteiger partial charge on any atom is -0.403 e. The summed E-state index contributed by atoms with van der Waals surface area (Å²) < 4.78 is 6.60. The monoisotopic (exact) mass is 473 g/mol. The van der Waals surface area contributed by atoms with Gasteiger partial charge in [-0.15, -0.1) is 0 Å². The zero-order chi connectivity index (χ0) is 25.5. The zero-order valence-electron chi connectivity index (χ0n) is 22.7. The van der Waals surface area contributed by atoms with Crippen molar-refractivity contribution in [3.8, 4) is 0 Å². The largest absolute Gasteiger partial charge is 0.403 e. The highest BCUT2D eigenvalue weighted by atomic mass is 28.4. The van der Waals surface area contributed by atoms with Crippen molar-refractivity contribution in [3.05, 3.63) is 12.2 Å². The molecule has 0 aliphatic heterocycles. The van der Waals surface area contributed by atoms with E-state index in [9.17, 15) is 15.0 Å². The fraction of sp³-hybridized carbons (Fsp3) is 0.880. The molecular weight excluding hydrogens is 422 g/mol. The molecule has 5 unspecified atom stereocenters. The number of allylic oxidation sites excluding steroid dienone is 1. The summed E-state index contributed by atoms with van der Waals surface area (Å²) in [5.41, 5.74) is -1.14. The maximum absolute atomic E-state index is 13.2. The van der Waals surface area contributed by atoms with Crippen LogP contribution in [0.1, 0.15) is 74.7 Å². The van der Waals surface area contributed by atoms with Crippen LogP contribution >= 0.6 is 0 Å². The van der Waals surface area contributed by atoms with Gasteiger partial charge in [0.2, 0.25) is 0 Å². The van der Waals surface area contributed by atoms with Gasteiger partial charge in [0.05, 0.1) is 19.3 Å².